The fraction of sp³-hybridized carbons (Fsp3) is 0. The summed E-state index contributed by atoms with van der Waals surface area (Å²) in [5, 5.41) is 1.97. The van der Waals surface area contributed by atoms with Crippen molar-refractivity contribution in [2.45, 2.75) is 0 Å². The van der Waals surface area contributed by atoms with Crippen molar-refractivity contribution in [2.75, 3.05) is 0 Å². The lowest BCUT2D eigenvalue weighted by Gasteiger charge is -2.22. The first-order chi connectivity index (χ1) is 24.6. The molecule has 1 aliphatic rings. The predicted octanol–water partition coefficient (Wildman–Crippen LogP) is 11.0. The van der Waals surface area contributed by atoms with E-state index in [1.807, 2.05) is 66.7 Å². The van der Waals surface area contributed by atoms with Crippen molar-refractivity contribution in [2.24, 2.45) is 0 Å². The molecule has 2 heterocycles. The second-order valence-corrected chi connectivity index (χ2v) is 10.2. The van der Waals surface area contributed by atoms with Gasteiger partial charge in [0.05, 0.1) is 23.4 Å². The van der Waals surface area contributed by atoms with E-state index in [1.54, 1.807) is 30.3 Å². The number of rotatable bonds is 3. The Balaban J connectivity index is 1.37. The van der Waals surface area contributed by atoms with Crippen LogP contribution in [-0.2, 0) is 0 Å². The molecule has 0 fully saturated rings. The average Bonchev–Trinajstić information content (AvgIpc) is 3.48. The van der Waals surface area contributed by atoms with Gasteiger partial charge < -0.3 is 9.30 Å². The molecule has 0 spiro atoms. The summed E-state index contributed by atoms with van der Waals surface area (Å²) in [7, 11) is 0. The highest BCUT2D eigenvalue weighted by atomic mass is 16.5. The van der Waals surface area contributed by atoms with E-state index in [0.29, 0.717) is 16.9 Å². The molecule has 0 aliphatic carbocycles. The molecule has 0 amide bonds. The maximum atomic E-state index is 9.55. The number of ether oxygens (including phenoxy) is 1. The summed E-state index contributed by atoms with van der Waals surface area (Å²) in [6.45, 7) is 0. The second-order valence-electron chi connectivity index (χ2n) is 10.2. The summed E-state index contributed by atoms with van der Waals surface area (Å²) in [4.78, 5) is 0. The fourth-order valence-electron chi connectivity index (χ4n) is 6.00. The summed E-state index contributed by atoms with van der Waals surface area (Å²) in [5.41, 5.74) is 3.77. The van der Waals surface area contributed by atoms with Gasteiger partial charge in [-0.3, -0.25) is 0 Å². The molecule has 8 aromatic rings. The highest BCUT2D eigenvalue weighted by Crippen LogP contribution is 2.48. The Morgan fingerprint density at radius 1 is 0.500 bits per heavy atom. The zero-order chi connectivity index (χ0) is 35.5. The molecule has 0 saturated heterocycles. The van der Waals surface area contributed by atoms with E-state index in [4.69, 9.17) is 14.3 Å². The molecule has 1 aliphatic heterocycles. The number of hydrogen-bond acceptors (Lipinski definition) is 1. The van der Waals surface area contributed by atoms with Crippen LogP contribution >= 0.6 is 0 Å². The third-order valence-corrected chi connectivity index (χ3v) is 7.87. The minimum absolute atomic E-state index is 0.0111. The number of fused-ring (bicyclic) bond motifs is 5. The highest BCUT2D eigenvalue weighted by molar-refractivity contribution is 6.11. The molecule has 0 radical (unpaired) electrons. The molecule has 9 rings (SSSR count). The van der Waals surface area contributed by atoms with Crippen LogP contribution in [0.4, 0.5) is 0 Å². The first-order valence-electron chi connectivity index (χ1n) is 18.1. The van der Waals surface area contributed by atoms with Gasteiger partial charge in [0.25, 0.3) is 0 Å². The molecule has 0 saturated carbocycles. The predicted molar refractivity (Wildman–Crippen MR) is 175 cm³/mol. The summed E-state index contributed by atoms with van der Waals surface area (Å²) < 4.78 is 89.7. The molecule has 1 aromatic heterocycles. The summed E-state index contributed by atoms with van der Waals surface area (Å²) in [6.07, 6.45) is 0. The smallest absolute Gasteiger partial charge is 0.135 e. The van der Waals surface area contributed by atoms with Crippen molar-refractivity contribution in [3.05, 3.63) is 151 Å². The third kappa shape index (κ3) is 3.39. The van der Waals surface area contributed by atoms with E-state index >= 15 is 0 Å². The lowest BCUT2D eigenvalue weighted by Crippen LogP contribution is -1.97. The van der Waals surface area contributed by atoms with Crippen LogP contribution in [-0.4, -0.2) is 4.57 Å². The van der Waals surface area contributed by atoms with Crippen LogP contribution in [0, 0.1) is 0 Å². The molecule has 7 aromatic carbocycles. The summed E-state index contributed by atoms with van der Waals surface area (Å²) in [6, 6.07) is 26.8. The van der Waals surface area contributed by atoms with E-state index < -0.39 is 30.2 Å². The topological polar surface area (TPSA) is 14.2 Å². The van der Waals surface area contributed by atoms with Gasteiger partial charge in [0.2, 0.25) is 0 Å². The van der Waals surface area contributed by atoms with Crippen molar-refractivity contribution >= 4 is 32.6 Å². The zero-order valence-corrected chi connectivity index (χ0v) is 22.1. The lowest BCUT2D eigenvalue weighted by atomic mass is 9.90. The molecule has 2 nitrogen and oxygen atoms in total. The van der Waals surface area contributed by atoms with Crippen molar-refractivity contribution in [3.8, 4) is 50.6 Å². The average molecular weight is 545 g/mol. The molecule has 0 unspecified atom stereocenters. The quantitative estimate of drug-likeness (QED) is 0.216. The number of nitrogens with zero attached hydrogens (tertiary/aromatic N) is 1. The van der Waals surface area contributed by atoms with Gasteiger partial charge >= 0.3 is 0 Å². The third-order valence-electron chi connectivity index (χ3n) is 7.87. The van der Waals surface area contributed by atoms with Gasteiger partial charge in [-0.05, 0) is 81.7 Å². The van der Waals surface area contributed by atoms with Crippen molar-refractivity contribution in [3.63, 3.8) is 0 Å². The highest BCUT2D eigenvalue weighted by Gasteiger charge is 2.21. The van der Waals surface area contributed by atoms with Crippen molar-refractivity contribution < 1.29 is 17.1 Å². The van der Waals surface area contributed by atoms with E-state index in [1.165, 1.54) is 0 Å². The number of para-hydroxylation sites is 3. The lowest BCUT2D eigenvalue weighted by molar-refractivity contribution is 0.487. The van der Waals surface area contributed by atoms with Crippen LogP contribution in [0.5, 0.6) is 11.5 Å². The normalized spacial score (nSPS) is 15.0. The minimum Gasteiger partial charge on any atom is -0.456 e. The Hall–Kier alpha value is -5.60. The van der Waals surface area contributed by atoms with Gasteiger partial charge in [0, 0.05) is 27.4 Å². The SMILES string of the molecule is [2H]c1c([2H])c(-c2ccc3c(c2)c2ccccc2n3-c2ccccc2)c([2H])c(-c2c([2H])c([2H])c3c4c(c([2H])c([2H])c([2H])c24)-c2ccccc2O3)c1[2H]. The van der Waals surface area contributed by atoms with Crippen LogP contribution in [0.2, 0.25) is 0 Å². The number of aromatic nitrogens is 1. The van der Waals surface area contributed by atoms with Crippen LogP contribution in [0.1, 0.15) is 12.3 Å². The van der Waals surface area contributed by atoms with E-state index in [0.717, 1.165) is 27.5 Å². The van der Waals surface area contributed by atoms with Gasteiger partial charge in [-0.25, -0.2) is 0 Å². The minimum atomic E-state index is -0.502. The van der Waals surface area contributed by atoms with Gasteiger partial charge in [-0.2, -0.15) is 0 Å². The van der Waals surface area contributed by atoms with Crippen LogP contribution in [0.15, 0.2) is 151 Å². The molecule has 0 atom stereocenters. The second kappa shape index (κ2) is 8.95. The zero-order valence-electron chi connectivity index (χ0n) is 31.1. The molecule has 196 valence electrons. The maximum absolute atomic E-state index is 9.55. The van der Waals surface area contributed by atoms with Crippen molar-refractivity contribution in [1.29, 1.82) is 0 Å². The van der Waals surface area contributed by atoms with Crippen LogP contribution in [0.25, 0.3) is 71.6 Å². The Kier molecular flexibility index (Phi) is 3.41. The summed E-state index contributed by atoms with van der Waals surface area (Å²) in [5.74, 6) is 0.300. The molecular formula is C40H25NO. The fourth-order valence-corrected chi connectivity index (χ4v) is 6.00. The van der Waals surface area contributed by atoms with E-state index in [2.05, 4.69) is 4.57 Å². The van der Waals surface area contributed by atoms with Gasteiger partial charge in [-0.15, -0.1) is 0 Å². The van der Waals surface area contributed by atoms with Gasteiger partial charge in [0.1, 0.15) is 11.5 Å². The van der Waals surface area contributed by atoms with Gasteiger partial charge in [-0.1, -0.05) is 103 Å². The monoisotopic (exact) mass is 544 g/mol. The van der Waals surface area contributed by atoms with E-state index in [-0.39, 0.29) is 62.9 Å². The van der Waals surface area contributed by atoms with E-state index in [9.17, 15) is 2.74 Å². The Bertz CT molecular complexity index is 2830. The first kappa shape index (κ1) is 16.0. The number of hydrogen-bond donors (Lipinski definition) is 0. The van der Waals surface area contributed by atoms with Gasteiger partial charge in [0.15, 0.2) is 0 Å². The Morgan fingerprint density at radius 3 is 2.24 bits per heavy atom. The maximum Gasteiger partial charge on any atom is 0.135 e. The molecule has 0 N–H and O–H groups in total. The largest absolute Gasteiger partial charge is 0.456 e. The summed E-state index contributed by atoms with van der Waals surface area (Å²) >= 11 is 0. The molecule has 0 bridgehead atoms. The number of benzene rings is 7. The van der Waals surface area contributed by atoms with Crippen LogP contribution < -0.4 is 4.74 Å². The molecule has 2 heteroatoms. The standard InChI is InChI=1S/C40H25NO/c1-2-12-29(13-3-1)41-36-18-6-4-14-31(36)35-25-27(20-22-37(35)41)26-10-8-11-28(24-26)30-21-23-39-40-33(30)16-9-17-34(40)32-15-5-7-19-38(32)42-39/h1-25H/i8D,9D,10D,11D,16D,17D,21D,23D,24D. The molecule has 42 heavy (non-hydrogen) atoms. The Labute approximate surface area is 256 Å². The van der Waals surface area contributed by atoms with Crippen molar-refractivity contribution in [1.82, 2.24) is 4.57 Å². The Morgan fingerprint density at radius 2 is 1.29 bits per heavy atom. The first-order valence-corrected chi connectivity index (χ1v) is 13.6. The molecular weight excluding hydrogens is 510 g/mol. The van der Waals surface area contributed by atoms with Crippen LogP contribution in [0.3, 0.4) is 0 Å².